The molecule has 0 amide bonds. The summed E-state index contributed by atoms with van der Waals surface area (Å²) in [4.78, 5) is 27.1. The molecule has 0 aliphatic heterocycles. The van der Waals surface area contributed by atoms with Crippen molar-refractivity contribution >= 4 is 11.6 Å². The lowest BCUT2D eigenvalue weighted by Crippen LogP contribution is -2.65. The lowest BCUT2D eigenvalue weighted by atomic mass is 9.33. The first-order valence-corrected chi connectivity index (χ1v) is 16.1. The molecule has 0 saturated heterocycles. The molecule has 9 atom stereocenters. The normalized spacial score (nSPS) is 48.7. The van der Waals surface area contributed by atoms with Crippen LogP contribution >= 0.6 is 0 Å². The van der Waals surface area contributed by atoms with Gasteiger partial charge in [-0.1, -0.05) is 79.9 Å². The number of hydrogen-bond acceptors (Lipinski definition) is 2. The molecule has 0 heterocycles. The summed E-state index contributed by atoms with van der Waals surface area (Å²) in [7, 11) is 0. The van der Waals surface area contributed by atoms with Crippen LogP contribution in [0.3, 0.4) is 0 Å². The summed E-state index contributed by atoms with van der Waals surface area (Å²) >= 11 is 0. The smallest absolute Gasteiger partial charge is 0.139 e. The highest BCUT2D eigenvalue weighted by Crippen LogP contribution is 2.75. The molecule has 4 fully saturated rings. The van der Waals surface area contributed by atoms with Crippen LogP contribution < -0.4 is 0 Å². The lowest BCUT2D eigenvalue weighted by Gasteiger charge is -2.71. The molecule has 0 N–H and O–H groups in total. The van der Waals surface area contributed by atoms with Crippen LogP contribution in [0.4, 0.5) is 0 Å². The van der Waals surface area contributed by atoms with Crippen molar-refractivity contribution in [2.24, 2.45) is 56.7 Å². The molecule has 5 rings (SSSR count). The van der Waals surface area contributed by atoms with Crippen LogP contribution in [0.2, 0.25) is 0 Å². The molecular formula is C35H56O2. The van der Waals surface area contributed by atoms with Gasteiger partial charge < -0.3 is 0 Å². The number of ketones is 2. The highest BCUT2D eigenvalue weighted by atomic mass is 16.1. The molecule has 37 heavy (non-hydrogen) atoms. The minimum atomic E-state index is -0.195. The van der Waals surface area contributed by atoms with Crippen molar-refractivity contribution in [3.8, 4) is 0 Å². The van der Waals surface area contributed by atoms with Crippen molar-refractivity contribution < 1.29 is 9.59 Å². The van der Waals surface area contributed by atoms with E-state index < -0.39 is 0 Å². The number of carbonyl (C=O) groups is 2. The molecule has 2 nitrogen and oxygen atoms in total. The van der Waals surface area contributed by atoms with E-state index in [1.54, 1.807) is 5.57 Å². The standard InChI is InChI=1S/C35H56O2/c1-9-10-11-12-29(37)35-20-15-23(2)24(3)30(35)25-13-14-27-32(6)18-17-28(36)31(4,5)26(32)16-19-34(27,8)33(25,7)21-22-35/h13,23-24,26-27,30H,9-12,14-22H2,1-8H3/t23-,24+,26?,27?,30?,32+,33-,34-,35-/m1/s1. The Hall–Kier alpha value is -0.920. The first-order valence-electron chi connectivity index (χ1n) is 16.1. The van der Waals surface area contributed by atoms with Crippen molar-refractivity contribution in [2.75, 3.05) is 0 Å². The Morgan fingerprint density at radius 1 is 0.919 bits per heavy atom. The number of Topliss-reactive ketones (excluding diaryl/α,β-unsaturated/α-hetero) is 2. The Labute approximate surface area is 228 Å². The fourth-order valence-electron chi connectivity index (χ4n) is 11.5. The highest BCUT2D eigenvalue weighted by molar-refractivity contribution is 5.86. The molecule has 3 unspecified atom stereocenters. The first-order chi connectivity index (χ1) is 17.3. The number of carbonyl (C=O) groups excluding carboxylic acids is 2. The molecule has 208 valence electrons. The number of rotatable bonds is 5. The zero-order chi connectivity index (χ0) is 27.0. The monoisotopic (exact) mass is 508 g/mol. The quantitative estimate of drug-likeness (QED) is 0.274. The highest BCUT2D eigenvalue weighted by Gasteiger charge is 2.69. The second-order valence-electron chi connectivity index (χ2n) is 15.8. The molecule has 4 saturated carbocycles. The summed E-state index contributed by atoms with van der Waals surface area (Å²) in [6, 6.07) is 0. The average molecular weight is 509 g/mol. The molecule has 5 aliphatic carbocycles. The van der Waals surface area contributed by atoms with E-state index in [1.165, 1.54) is 38.5 Å². The Morgan fingerprint density at radius 3 is 2.35 bits per heavy atom. The summed E-state index contributed by atoms with van der Waals surface area (Å²) in [5.41, 5.74) is 2.02. The molecule has 0 aromatic heterocycles. The maximum Gasteiger partial charge on any atom is 0.139 e. The van der Waals surface area contributed by atoms with Gasteiger partial charge in [-0.2, -0.15) is 0 Å². The average Bonchev–Trinajstić information content (AvgIpc) is 2.84. The first kappa shape index (κ1) is 27.6. The van der Waals surface area contributed by atoms with Gasteiger partial charge >= 0.3 is 0 Å². The van der Waals surface area contributed by atoms with Gasteiger partial charge in [0.2, 0.25) is 0 Å². The van der Waals surface area contributed by atoms with E-state index in [1.807, 2.05) is 0 Å². The summed E-state index contributed by atoms with van der Waals surface area (Å²) in [5, 5.41) is 0. The van der Waals surface area contributed by atoms with Crippen LogP contribution in [0.5, 0.6) is 0 Å². The number of allylic oxidation sites excluding steroid dienone is 2. The Kier molecular flexibility index (Phi) is 6.76. The maximum absolute atomic E-state index is 14.1. The summed E-state index contributed by atoms with van der Waals surface area (Å²) in [6.07, 6.45) is 16.9. The molecule has 0 radical (unpaired) electrons. The van der Waals surface area contributed by atoms with E-state index in [9.17, 15) is 9.59 Å². The van der Waals surface area contributed by atoms with Crippen LogP contribution in [0.25, 0.3) is 0 Å². The van der Waals surface area contributed by atoms with Crippen LogP contribution in [-0.4, -0.2) is 11.6 Å². The van der Waals surface area contributed by atoms with Crippen molar-refractivity contribution in [1.82, 2.24) is 0 Å². The van der Waals surface area contributed by atoms with Gasteiger partial charge in [0.15, 0.2) is 0 Å². The fourth-order valence-corrected chi connectivity index (χ4v) is 11.5. The molecule has 0 aromatic rings. The topological polar surface area (TPSA) is 34.1 Å². The summed E-state index contributed by atoms with van der Waals surface area (Å²) in [5.74, 6) is 3.91. The third-order valence-electron chi connectivity index (χ3n) is 14.3. The Bertz CT molecular complexity index is 974. The van der Waals surface area contributed by atoms with Crippen LogP contribution in [0.1, 0.15) is 139 Å². The molecule has 5 aliphatic rings. The van der Waals surface area contributed by atoms with E-state index in [4.69, 9.17) is 0 Å². The molecular weight excluding hydrogens is 452 g/mol. The maximum atomic E-state index is 14.1. The summed E-state index contributed by atoms with van der Waals surface area (Å²) < 4.78 is 0. The fraction of sp³-hybridized carbons (Fsp3) is 0.886. The minimum Gasteiger partial charge on any atom is -0.299 e. The minimum absolute atomic E-state index is 0.117. The van der Waals surface area contributed by atoms with Gasteiger partial charge in [-0.05, 0) is 104 Å². The molecule has 0 aromatic carbocycles. The van der Waals surface area contributed by atoms with E-state index in [-0.39, 0.29) is 27.1 Å². The second kappa shape index (κ2) is 9.05. The van der Waals surface area contributed by atoms with Crippen molar-refractivity contribution in [1.29, 1.82) is 0 Å². The van der Waals surface area contributed by atoms with E-state index >= 15 is 0 Å². The summed E-state index contributed by atoms with van der Waals surface area (Å²) in [6.45, 7) is 19.5. The largest absolute Gasteiger partial charge is 0.299 e. The lowest BCUT2D eigenvalue weighted by molar-refractivity contribution is -0.186. The van der Waals surface area contributed by atoms with Gasteiger partial charge in [-0.25, -0.2) is 0 Å². The van der Waals surface area contributed by atoms with Crippen LogP contribution in [-0.2, 0) is 9.59 Å². The second-order valence-corrected chi connectivity index (χ2v) is 15.8. The molecule has 2 heteroatoms. The number of hydrogen-bond donors (Lipinski definition) is 0. The Balaban J connectivity index is 1.56. The van der Waals surface area contributed by atoms with Crippen molar-refractivity contribution in [2.45, 2.75) is 139 Å². The van der Waals surface area contributed by atoms with Gasteiger partial charge in [0.05, 0.1) is 0 Å². The van der Waals surface area contributed by atoms with Crippen molar-refractivity contribution in [3.05, 3.63) is 11.6 Å². The van der Waals surface area contributed by atoms with E-state index in [2.05, 4.69) is 61.5 Å². The van der Waals surface area contributed by atoms with Gasteiger partial charge in [0.1, 0.15) is 11.6 Å². The predicted octanol–water partition coefficient (Wildman–Crippen LogP) is 9.36. The van der Waals surface area contributed by atoms with Crippen molar-refractivity contribution in [3.63, 3.8) is 0 Å². The van der Waals surface area contributed by atoms with Crippen LogP contribution in [0, 0.1) is 56.7 Å². The van der Waals surface area contributed by atoms with Gasteiger partial charge in [0, 0.05) is 23.7 Å². The number of unbranched alkanes of at least 4 members (excludes halogenated alkanes) is 2. The SMILES string of the molecule is CCCCCC(=O)[C@]12CC[C@@H](C)[C@H](C)C1C1=CCC3[C@@]4(C)CCC(=O)C(C)(C)C4CC[C@@]3(C)[C@]1(C)CC2. The zero-order valence-corrected chi connectivity index (χ0v) is 25.5. The number of fused-ring (bicyclic) bond motifs is 7. The molecule has 0 spiro atoms. The van der Waals surface area contributed by atoms with Gasteiger partial charge in [-0.3, -0.25) is 9.59 Å². The van der Waals surface area contributed by atoms with E-state index in [0.717, 1.165) is 44.9 Å². The zero-order valence-electron chi connectivity index (χ0n) is 25.5. The van der Waals surface area contributed by atoms with Gasteiger partial charge in [0.25, 0.3) is 0 Å². The van der Waals surface area contributed by atoms with Gasteiger partial charge in [-0.15, -0.1) is 0 Å². The van der Waals surface area contributed by atoms with Crippen LogP contribution in [0.15, 0.2) is 11.6 Å². The third kappa shape index (κ3) is 3.61. The predicted molar refractivity (Wildman–Crippen MR) is 153 cm³/mol. The molecule has 0 bridgehead atoms. The van der Waals surface area contributed by atoms with E-state index in [0.29, 0.717) is 41.2 Å². The third-order valence-corrected chi connectivity index (χ3v) is 14.3. The Morgan fingerprint density at radius 2 is 1.65 bits per heavy atom.